The molecule has 0 aliphatic heterocycles. The molecular weight excluding hydrogens is 324 g/mol. The van der Waals surface area contributed by atoms with Crippen LogP contribution in [0.5, 0.6) is 0 Å². The summed E-state index contributed by atoms with van der Waals surface area (Å²) in [4.78, 5) is 20.3. The van der Waals surface area contributed by atoms with Gasteiger partial charge in [0.05, 0.1) is 16.9 Å². The predicted molar refractivity (Wildman–Crippen MR) is 90.4 cm³/mol. The number of H-pyrrole nitrogens is 1. The molecule has 0 spiro atoms. The fourth-order valence-electron chi connectivity index (χ4n) is 3.22. The van der Waals surface area contributed by atoms with Crippen LogP contribution >= 0.6 is 0 Å². The number of nitrogens with zero attached hydrogens (tertiary/aromatic N) is 1. The zero-order chi connectivity index (χ0) is 17.4. The van der Waals surface area contributed by atoms with Gasteiger partial charge < -0.3 is 10.3 Å². The van der Waals surface area contributed by atoms with Crippen molar-refractivity contribution in [2.24, 2.45) is 0 Å². The third-order valence-electron chi connectivity index (χ3n) is 4.38. The highest BCUT2D eigenvalue weighted by Gasteiger charge is 2.24. The monoisotopic (exact) mass is 339 g/mol. The number of carbonyl (C=O) groups excluding carboxylic acids is 1. The zero-order valence-corrected chi connectivity index (χ0v) is 13.3. The number of aromatic amines is 1. The molecule has 1 aliphatic carbocycles. The molecule has 0 saturated carbocycles. The van der Waals surface area contributed by atoms with Gasteiger partial charge in [0, 0.05) is 29.7 Å². The van der Waals surface area contributed by atoms with E-state index in [2.05, 4.69) is 15.3 Å². The molecule has 2 aromatic heterocycles. The molecule has 0 unspecified atom stereocenters. The molecule has 4 nitrogen and oxygen atoms in total. The first-order valence-electron chi connectivity index (χ1n) is 8.04. The third-order valence-corrected chi connectivity index (χ3v) is 4.38. The zero-order valence-electron chi connectivity index (χ0n) is 13.3. The van der Waals surface area contributed by atoms with Gasteiger partial charge in [-0.15, -0.1) is 0 Å². The number of fused-ring (bicyclic) bond motifs is 3. The van der Waals surface area contributed by atoms with Crippen LogP contribution in [0.4, 0.5) is 14.5 Å². The van der Waals surface area contributed by atoms with E-state index in [4.69, 9.17) is 0 Å². The molecule has 2 N–H and O–H groups in total. The molecule has 6 heteroatoms. The molecule has 3 aromatic rings. The highest BCUT2D eigenvalue weighted by molar-refractivity contribution is 6.09. The Balaban J connectivity index is 1.75. The lowest BCUT2D eigenvalue weighted by atomic mass is 10.0. The first-order chi connectivity index (χ1) is 12.1. The number of rotatable bonds is 2. The van der Waals surface area contributed by atoms with Crippen molar-refractivity contribution < 1.29 is 13.6 Å². The van der Waals surface area contributed by atoms with Gasteiger partial charge >= 0.3 is 0 Å². The van der Waals surface area contributed by atoms with E-state index in [1.807, 2.05) is 12.1 Å². The van der Waals surface area contributed by atoms with Crippen molar-refractivity contribution in [3.05, 3.63) is 71.2 Å². The highest BCUT2D eigenvalue weighted by atomic mass is 19.1. The lowest BCUT2D eigenvalue weighted by molar-refractivity contribution is 0.102. The van der Waals surface area contributed by atoms with Gasteiger partial charge in [-0.3, -0.25) is 9.78 Å². The van der Waals surface area contributed by atoms with Crippen LogP contribution in [0.15, 0.2) is 42.7 Å². The molecular formula is C19H15F2N3O. The summed E-state index contributed by atoms with van der Waals surface area (Å²) in [5, 5.41) is 2.45. The van der Waals surface area contributed by atoms with Gasteiger partial charge in [-0.2, -0.15) is 0 Å². The van der Waals surface area contributed by atoms with E-state index in [0.717, 1.165) is 60.0 Å². The fraction of sp³-hybridized carbons (Fsp3) is 0.158. The summed E-state index contributed by atoms with van der Waals surface area (Å²) in [6.07, 6.45) is 5.92. The number of anilines is 1. The number of aryl methyl sites for hydroxylation is 2. The van der Waals surface area contributed by atoms with Crippen LogP contribution in [0, 0.1) is 11.6 Å². The van der Waals surface area contributed by atoms with Crippen molar-refractivity contribution in [1.82, 2.24) is 9.97 Å². The van der Waals surface area contributed by atoms with E-state index in [1.165, 1.54) is 0 Å². The van der Waals surface area contributed by atoms with Crippen LogP contribution in [0.1, 0.15) is 28.0 Å². The SMILES string of the molecule is O=C(Nc1cc(F)ccc1F)c1c[nH]c2c1-c1ncccc1CCC2. The van der Waals surface area contributed by atoms with Gasteiger partial charge in [0.2, 0.25) is 0 Å². The van der Waals surface area contributed by atoms with E-state index in [9.17, 15) is 13.6 Å². The Hall–Kier alpha value is -3.02. The summed E-state index contributed by atoms with van der Waals surface area (Å²) in [6.45, 7) is 0. The van der Waals surface area contributed by atoms with Crippen molar-refractivity contribution in [3.63, 3.8) is 0 Å². The number of amides is 1. The Morgan fingerprint density at radius 2 is 2.08 bits per heavy atom. The van der Waals surface area contributed by atoms with Gasteiger partial charge in [0.1, 0.15) is 11.6 Å². The minimum absolute atomic E-state index is 0.185. The number of carbonyl (C=O) groups is 1. The Bertz CT molecular complexity index is 965. The number of halogens is 2. The van der Waals surface area contributed by atoms with Crippen molar-refractivity contribution in [1.29, 1.82) is 0 Å². The Morgan fingerprint density at radius 3 is 2.96 bits per heavy atom. The number of pyridine rings is 1. The van der Waals surface area contributed by atoms with Crippen molar-refractivity contribution >= 4 is 11.6 Å². The summed E-state index contributed by atoms with van der Waals surface area (Å²) in [5.41, 5.74) is 3.70. The number of aromatic nitrogens is 2. The van der Waals surface area contributed by atoms with Gasteiger partial charge in [-0.25, -0.2) is 8.78 Å². The molecule has 0 radical (unpaired) electrons. The predicted octanol–water partition coefficient (Wildman–Crippen LogP) is 4.10. The number of hydrogen-bond acceptors (Lipinski definition) is 2. The summed E-state index contributed by atoms with van der Waals surface area (Å²) in [6, 6.07) is 6.83. The minimum atomic E-state index is -0.685. The van der Waals surface area contributed by atoms with Gasteiger partial charge in [-0.1, -0.05) is 6.07 Å². The molecule has 4 rings (SSSR count). The Labute approximate surface area is 142 Å². The summed E-state index contributed by atoms with van der Waals surface area (Å²) in [5.74, 6) is -1.80. The standard InChI is InChI=1S/C19H15F2N3O/c20-12-6-7-14(21)16(9-12)24-19(25)13-10-23-15-5-1-3-11-4-2-8-22-18(11)17(13)15/h2,4,6-10,23H,1,3,5H2,(H,24,25). The molecule has 126 valence electrons. The number of nitrogens with one attached hydrogen (secondary N) is 2. The maximum absolute atomic E-state index is 13.8. The second-order valence-electron chi connectivity index (χ2n) is 6.00. The highest BCUT2D eigenvalue weighted by Crippen LogP contribution is 2.33. The maximum atomic E-state index is 13.8. The lowest BCUT2D eigenvalue weighted by Crippen LogP contribution is -2.14. The van der Waals surface area contributed by atoms with Gasteiger partial charge in [-0.05, 0) is 43.0 Å². The minimum Gasteiger partial charge on any atom is -0.364 e. The Kier molecular flexibility index (Phi) is 3.80. The average molecular weight is 339 g/mol. The van der Waals surface area contributed by atoms with E-state index >= 15 is 0 Å². The van der Waals surface area contributed by atoms with E-state index in [-0.39, 0.29) is 5.69 Å². The molecule has 1 amide bonds. The Morgan fingerprint density at radius 1 is 1.20 bits per heavy atom. The summed E-state index contributed by atoms with van der Waals surface area (Å²) >= 11 is 0. The first kappa shape index (κ1) is 15.5. The van der Waals surface area contributed by atoms with Gasteiger partial charge in [0.25, 0.3) is 5.91 Å². The van der Waals surface area contributed by atoms with Crippen LogP contribution in [0.2, 0.25) is 0 Å². The lowest BCUT2D eigenvalue weighted by Gasteiger charge is -2.09. The smallest absolute Gasteiger partial charge is 0.257 e. The molecule has 2 heterocycles. The maximum Gasteiger partial charge on any atom is 0.257 e. The van der Waals surface area contributed by atoms with E-state index in [0.29, 0.717) is 5.56 Å². The summed E-state index contributed by atoms with van der Waals surface area (Å²) < 4.78 is 27.1. The van der Waals surface area contributed by atoms with Crippen molar-refractivity contribution in [2.75, 3.05) is 5.32 Å². The normalized spacial score (nSPS) is 12.9. The first-order valence-corrected chi connectivity index (χ1v) is 8.04. The molecule has 25 heavy (non-hydrogen) atoms. The van der Waals surface area contributed by atoms with Crippen LogP contribution in [-0.2, 0) is 12.8 Å². The molecule has 0 bridgehead atoms. The second kappa shape index (κ2) is 6.12. The van der Waals surface area contributed by atoms with Crippen LogP contribution in [-0.4, -0.2) is 15.9 Å². The molecule has 0 fully saturated rings. The molecule has 0 atom stereocenters. The third kappa shape index (κ3) is 2.80. The largest absolute Gasteiger partial charge is 0.364 e. The van der Waals surface area contributed by atoms with Crippen LogP contribution < -0.4 is 5.32 Å². The number of hydrogen-bond donors (Lipinski definition) is 2. The van der Waals surface area contributed by atoms with Crippen molar-refractivity contribution in [2.45, 2.75) is 19.3 Å². The summed E-state index contributed by atoms with van der Waals surface area (Å²) in [7, 11) is 0. The average Bonchev–Trinajstić information content (AvgIpc) is 2.94. The van der Waals surface area contributed by atoms with E-state index in [1.54, 1.807) is 12.4 Å². The molecule has 0 saturated heterocycles. The molecule has 1 aliphatic rings. The fourth-order valence-corrected chi connectivity index (χ4v) is 3.22. The number of benzene rings is 1. The second-order valence-corrected chi connectivity index (χ2v) is 6.00. The quantitative estimate of drug-likeness (QED) is 0.739. The van der Waals surface area contributed by atoms with Crippen LogP contribution in [0.25, 0.3) is 11.3 Å². The molecule has 1 aromatic carbocycles. The van der Waals surface area contributed by atoms with E-state index < -0.39 is 17.5 Å². The van der Waals surface area contributed by atoms with Crippen LogP contribution in [0.3, 0.4) is 0 Å². The van der Waals surface area contributed by atoms with Crippen molar-refractivity contribution in [3.8, 4) is 11.3 Å². The van der Waals surface area contributed by atoms with Gasteiger partial charge in [0.15, 0.2) is 0 Å². The topological polar surface area (TPSA) is 57.8 Å².